The van der Waals surface area contributed by atoms with Gasteiger partial charge in [0.15, 0.2) is 21.7 Å². The van der Waals surface area contributed by atoms with Crippen LogP contribution in [0.15, 0.2) is 95.2 Å². The molecule has 0 radical (unpaired) electrons. The minimum absolute atomic E-state index is 0.0883. The molecule has 2 atom stereocenters. The number of ether oxygens (including phenoxy) is 2. The molecule has 2 amide bonds. The maximum atomic E-state index is 13.0. The van der Waals surface area contributed by atoms with Crippen molar-refractivity contribution in [2.45, 2.75) is 159 Å². The maximum absolute atomic E-state index is 13.0. The average Bonchev–Trinajstić information content (AvgIpc) is 4.10. The number of hydrogen-bond acceptors (Lipinski definition) is 17. The first kappa shape index (κ1) is 62.1. The van der Waals surface area contributed by atoms with Crippen LogP contribution < -0.4 is 34.9 Å². The highest BCUT2D eigenvalue weighted by Gasteiger charge is 2.38. The second-order valence-electron chi connectivity index (χ2n) is 24.8. The first-order valence-electron chi connectivity index (χ1n) is 28.9. The lowest BCUT2D eigenvalue weighted by atomic mass is 9.89. The van der Waals surface area contributed by atoms with E-state index in [9.17, 15) is 26.4 Å². The van der Waals surface area contributed by atoms with Crippen LogP contribution in [0.5, 0.6) is 11.8 Å². The van der Waals surface area contributed by atoms with Gasteiger partial charge in [-0.3, -0.25) is 9.59 Å². The smallest absolute Gasteiger partial charge is 0.281 e. The van der Waals surface area contributed by atoms with Crippen LogP contribution in [0.25, 0.3) is 11.6 Å². The number of nitrogens with zero attached hydrogens (tertiary/aromatic N) is 8. The molecule has 3 saturated carbocycles. The Kier molecular flexibility index (Phi) is 19.3. The summed E-state index contributed by atoms with van der Waals surface area (Å²) >= 11 is 12.6. The van der Waals surface area contributed by atoms with Crippen LogP contribution in [0.3, 0.4) is 0 Å². The molecule has 84 heavy (non-hydrogen) atoms. The fourth-order valence-corrected chi connectivity index (χ4v) is 12.8. The molecule has 0 aromatic carbocycles. The van der Waals surface area contributed by atoms with Crippen molar-refractivity contribution in [2.24, 2.45) is 22.2 Å². The summed E-state index contributed by atoms with van der Waals surface area (Å²) in [6.07, 6.45) is 20.4. The molecule has 452 valence electrons. The van der Waals surface area contributed by atoms with E-state index in [1.165, 1.54) is 90.7 Å². The van der Waals surface area contributed by atoms with Crippen LogP contribution in [-0.2, 0) is 20.0 Å². The molecule has 3 aliphatic carbocycles. The first-order chi connectivity index (χ1) is 39.8. The lowest BCUT2D eigenvalue weighted by Gasteiger charge is -2.20. The van der Waals surface area contributed by atoms with Crippen molar-refractivity contribution < 1.29 is 35.9 Å². The molecule has 21 nitrogen and oxygen atoms in total. The van der Waals surface area contributed by atoms with Crippen molar-refractivity contribution in [1.82, 2.24) is 54.3 Å². The SMILES string of the molecule is CC1(C)CCC(CCCNc2cccc(S(=O)(=O)NC(=O)c3ccc(-n4ccc(OCCC5(C)CC5)n4)nc3Cl)n2)C1.CC1(CCOc2ccn(-c3ccc(C(=O)NS(=O)(=O)c4cccc(NCCCC5CCC(C)(C)N5)n4)c(Cl)n3)n2)CC1. The third-order valence-corrected chi connectivity index (χ3v) is 19.3. The highest BCUT2D eigenvalue weighted by atomic mass is 35.5. The van der Waals surface area contributed by atoms with Gasteiger partial charge in [0.2, 0.25) is 11.8 Å². The topological polar surface area (TPSA) is 268 Å². The second-order valence-corrected chi connectivity index (χ2v) is 28.8. The molecule has 4 fully saturated rings. The van der Waals surface area contributed by atoms with E-state index in [2.05, 4.69) is 87.6 Å². The van der Waals surface area contributed by atoms with Crippen molar-refractivity contribution >= 4 is 66.7 Å². The summed E-state index contributed by atoms with van der Waals surface area (Å²) in [7, 11) is -8.51. The summed E-state index contributed by atoms with van der Waals surface area (Å²) < 4.78 is 70.4. The monoisotopic (exact) mass is 1230 g/mol. The quantitative estimate of drug-likeness (QED) is 0.0249. The molecule has 6 aromatic heterocycles. The van der Waals surface area contributed by atoms with E-state index in [-0.39, 0.29) is 37.0 Å². The molecule has 1 saturated heterocycles. The van der Waals surface area contributed by atoms with Gasteiger partial charge in [0.25, 0.3) is 31.9 Å². The molecular weight excluding hydrogens is 1150 g/mol. The minimum Gasteiger partial charge on any atom is -0.477 e. The van der Waals surface area contributed by atoms with Crippen molar-refractivity contribution in [3.63, 3.8) is 0 Å². The van der Waals surface area contributed by atoms with Gasteiger partial charge in [0, 0.05) is 49.2 Å². The van der Waals surface area contributed by atoms with Gasteiger partial charge in [0.05, 0.1) is 24.3 Å². The number of nitrogens with one attached hydrogen (secondary N) is 5. The van der Waals surface area contributed by atoms with Crippen LogP contribution in [0.1, 0.15) is 159 Å². The van der Waals surface area contributed by atoms with E-state index in [0.29, 0.717) is 83.6 Å². The van der Waals surface area contributed by atoms with Crippen LogP contribution in [0.2, 0.25) is 10.3 Å². The van der Waals surface area contributed by atoms with Crippen LogP contribution >= 0.6 is 23.2 Å². The Bertz CT molecular complexity index is 3300. The van der Waals surface area contributed by atoms with Crippen LogP contribution in [0.4, 0.5) is 11.6 Å². The fourth-order valence-electron chi connectivity index (χ4n) is 10.4. The van der Waals surface area contributed by atoms with Crippen molar-refractivity contribution in [3.05, 3.63) is 107 Å². The Morgan fingerprint density at radius 2 is 1.08 bits per heavy atom. The summed E-state index contributed by atoms with van der Waals surface area (Å²) in [6.45, 7) is 16.1. The molecular formula is C59H77Cl2N13O8S2. The zero-order chi connectivity index (χ0) is 59.9. The molecule has 6 aromatic rings. The standard InChI is InChI=1S/C30H39ClN6O4S.C29H38ClN7O4S/c1-29(2)13-11-21(20-29)6-5-17-32-23-7-4-8-26(33-23)42(39,40)36-28(38)22-9-10-24(34-27(22)31)37-18-12-25(35-37)41-19-16-30(3)14-15-30;1-28(2)13-11-20(34-28)6-5-17-31-22-7-4-8-25(32-22)42(39,40)36-27(38)21-9-10-23(33-26(21)30)37-18-12-24(35-37)41-19-16-29(3)14-15-29/h4,7-10,12,18,21H,5-6,11,13-17,19-20H2,1-3H3,(H,32,33)(H,36,38);4,7-10,12,18,20,34H,5-6,11,13-17,19H2,1-3H3,(H,31,32)(H,36,38). The third kappa shape index (κ3) is 17.4. The second kappa shape index (κ2) is 26.1. The van der Waals surface area contributed by atoms with E-state index in [4.69, 9.17) is 32.7 Å². The largest absolute Gasteiger partial charge is 0.477 e. The summed E-state index contributed by atoms with van der Waals surface area (Å²) in [6, 6.07) is 19.0. The Morgan fingerprint density at radius 3 is 1.50 bits per heavy atom. The van der Waals surface area contributed by atoms with Crippen LogP contribution in [0, 0.1) is 22.2 Å². The van der Waals surface area contributed by atoms with Gasteiger partial charge in [-0.2, -0.15) is 16.8 Å². The number of carbonyl (C=O) groups excluding carboxylic acids is 2. The zero-order valence-electron chi connectivity index (χ0n) is 48.6. The maximum Gasteiger partial charge on any atom is 0.281 e. The number of carbonyl (C=O) groups is 2. The number of halogens is 2. The van der Waals surface area contributed by atoms with Crippen molar-refractivity contribution in [3.8, 4) is 23.4 Å². The average molecular weight is 1230 g/mol. The predicted molar refractivity (Wildman–Crippen MR) is 322 cm³/mol. The van der Waals surface area contributed by atoms with Gasteiger partial charge in [-0.1, -0.05) is 63.0 Å². The van der Waals surface area contributed by atoms with Crippen molar-refractivity contribution in [2.75, 3.05) is 36.9 Å². The molecule has 1 aliphatic heterocycles. The number of pyridine rings is 4. The van der Waals surface area contributed by atoms with Gasteiger partial charge in [-0.15, -0.1) is 10.2 Å². The van der Waals surface area contributed by atoms with Gasteiger partial charge in [-0.05, 0) is 181 Å². The summed E-state index contributed by atoms with van der Waals surface area (Å²) in [4.78, 5) is 42.6. The Labute approximate surface area is 502 Å². The Hall–Kier alpha value is -6.40. The highest BCUT2D eigenvalue weighted by Crippen LogP contribution is 2.49. The molecule has 5 N–H and O–H groups in total. The van der Waals surface area contributed by atoms with Crippen LogP contribution in [-0.4, -0.2) is 106 Å². The molecule has 4 aliphatic rings. The van der Waals surface area contributed by atoms with Gasteiger partial charge < -0.3 is 25.4 Å². The van der Waals surface area contributed by atoms with Gasteiger partial charge in [-0.25, -0.2) is 38.7 Å². The normalized spacial score (nSPS) is 18.9. The number of sulfonamides is 2. The number of rotatable bonds is 26. The molecule has 2 unspecified atom stereocenters. The fraction of sp³-hybridized carbons (Fsp3) is 0.525. The molecule has 10 rings (SSSR count). The van der Waals surface area contributed by atoms with Crippen molar-refractivity contribution in [1.29, 1.82) is 0 Å². The third-order valence-electron chi connectivity index (χ3n) is 16.2. The summed E-state index contributed by atoms with van der Waals surface area (Å²) in [5, 5.41) is 17.9. The van der Waals surface area contributed by atoms with Gasteiger partial charge >= 0.3 is 0 Å². The lowest BCUT2D eigenvalue weighted by molar-refractivity contribution is 0.0972. The number of anilines is 2. The summed E-state index contributed by atoms with van der Waals surface area (Å²) in [5.41, 5.74) is 1.21. The minimum atomic E-state index is -4.26. The van der Waals surface area contributed by atoms with E-state index in [0.717, 1.165) is 57.3 Å². The molecule has 0 spiro atoms. The van der Waals surface area contributed by atoms with E-state index in [1.807, 2.05) is 9.44 Å². The first-order valence-corrected chi connectivity index (χ1v) is 32.6. The number of amides is 2. The Balaban J connectivity index is 0.000000202. The number of hydrogen-bond donors (Lipinski definition) is 5. The molecule has 0 bridgehead atoms. The predicted octanol–water partition coefficient (Wildman–Crippen LogP) is 10.7. The van der Waals surface area contributed by atoms with E-state index < -0.39 is 31.9 Å². The molecule has 7 heterocycles. The number of aromatic nitrogens is 8. The summed E-state index contributed by atoms with van der Waals surface area (Å²) in [5.74, 6) is 1.42. The zero-order valence-corrected chi connectivity index (χ0v) is 51.7. The van der Waals surface area contributed by atoms with E-state index >= 15 is 0 Å². The van der Waals surface area contributed by atoms with Gasteiger partial charge in [0.1, 0.15) is 21.9 Å². The Morgan fingerprint density at radius 1 is 0.607 bits per heavy atom. The lowest BCUT2D eigenvalue weighted by Crippen LogP contribution is -2.37. The molecule has 25 heteroatoms. The highest BCUT2D eigenvalue weighted by molar-refractivity contribution is 7.90. The van der Waals surface area contributed by atoms with E-state index in [1.54, 1.807) is 48.8 Å².